The second-order valence-electron chi connectivity index (χ2n) is 7.43. The first-order valence-corrected chi connectivity index (χ1v) is 9.76. The first kappa shape index (κ1) is 18.6. The van der Waals surface area contributed by atoms with Crippen LogP contribution in [0.4, 0.5) is 4.39 Å². The maximum absolute atomic E-state index is 13.3. The van der Waals surface area contributed by atoms with Crippen molar-refractivity contribution in [3.05, 3.63) is 47.4 Å². The number of piperazine rings is 1. The van der Waals surface area contributed by atoms with Crippen molar-refractivity contribution in [1.82, 2.24) is 19.9 Å². The molecule has 0 atom stereocenters. The van der Waals surface area contributed by atoms with Crippen LogP contribution in [0.5, 0.6) is 0 Å². The van der Waals surface area contributed by atoms with Gasteiger partial charge in [0.1, 0.15) is 12.4 Å². The molecule has 1 saturated carbocycles. The Balaban J connectivity index is 1.36. The molecule has 0 bridgehead atoms. The lowest BCUT2D eigenvalue weighted by atomic mass is 9.93. The summed E-state index contributed by atoms with van der Waals surface area (Å²) in [5, 5.41) is 3.90. The molecule has 8 heteroatoms. The normalized spacial score (nSPS) is 18.8. The minimum atomic E-state index is -0.512. The Morgan fingerprint density at radius 1 is 1.11 bits per heavy atom. The first-order valence-electron chi connectivity index (χ1n) is 9.76. The maximum atomic E-state index is 13.3. The van der Waals surface area contributed by atoms with E-state index in [9.17, 15) is 14.0 Å². The van der Waals surface area contributed by atoms with Crippen molar-refractivity contribution in [1.29, 1.82) is 0 Å². The fourth-order valence-corrected chi connectivity index (χ4v) is 4.00. The number of carbonyl (C=O) groups excluding carboxylic acids is 2. The number of nitrogens with zero attached hydrogens (tertiary/aromatic N) is 4. The van der Waals surface area contributed by atoms with Gasteiger partial charge in [-0.2, -0.15) is 4.98 Å². The number of hydrogen-bond acceptors (Lipinski definition) is 5. The van der Waals surface area contributed by atoms with E-state index in [1.54, 1.807) is 17.0 Å². The number of rotatable bonds is 5. The summed E-state index contributed by atoms with van der Waals surface area (Å²) in [5.74, 6) is -0.570. The van der Waals surface area contributed by atoms with Crippen LogP contribution in [0, 0.1) is 5.82 Å². The maximum Gasteiger partial charge on any atom is 0.312 e. The molecule has 0 unspecified atom stereocenters. The molecule has 1 aliphatic carbocycles. The predicted octanol–water partition coefficient (Wildman–Crippen LogP) is 2.30. The zero-order valence-corrected chi connectivity index (χ0v) is 15.6. The molecule has 2 fully saturated rings. The Kier molecular flexibility index (Phi) is 5.36. The van der Waals surface area contributed by atoms with Crippen molar-refractivity contribution in [2.45, 2.75) is 51.1 Å². The van der Waals surface area contributed by atoms with Gasteiger partial charge < -0.3 is 14.3 Å². The second-order valence-corrected chi connectivity index (χ2v) is 7.43. The quantitative estimate of drug-likeness (QED) is 0.737. The molecule has 1 aromatic heterocycles. The number of hydrogen-bond donors (Lipinski definition) is 0. The summed E-state index contributed by atoms with van der Waals surface area (Å²) in [5.41, 5.74) is 0.736. The van der Waals surface area contributed by atoms with E-state index in [1.165, 1.54) is 23.5 Å². The van der Waals surface area contributed by atoms with Crippen LogP contribution >= 0.6 is 0 Å². The van der Waals surface area contributed by atoms with Gasteiger partial charge in [0.15, 0.2) is 5.82 Å². The number of carbonyl (C=O) groups is 2. The first-order chi connectivity index (χ1) is 13.6. The fourth-order valence-electron chi connectivity index (χ4n) is 4.00. The molecule has 148 valence electrons. The van der Waals surface area contributed by atoms with Gasteiger partial charge in [0.2, 0.25) is 5.89 Å². The van der Waals surface area contributed by atoms with E-state index in [0.717, 1.165) is 31.2 Å². The third-order valence-electron chi connectivity index (χ3n) is 5.44. The summed E-state index contributed by atoms with van der Waals surface area (Å²) in [6.07, 6.45) is 5.72. The van der Waals surface area contributed by atoms with Gasteiger partial charge in [-0.1, -0.05) is 36.6 Å². The zero-order chi connectivity index (χ0) is 19.5. The molecular formula is C20H23FN4O3. The van der Waals surface area contributed by atoms with Crippen LogP contribution < -0.4 is 0 Å². The Labute approximate surface area is 162 Å². The minimum absolute atomic E-state index is 0.110. The topological polar surface area (TPSA) is 79.5 Å². The van der Waals surface area contributed by atoms with Gasteiger partial charge in [-0.3, -0.25) is 9.59 Å². The zero-order valence-electron chi connectivity index (χ0n) is 15.6. The van der Waals surface area contributed by atoms with Gasteiger partial charge in [0.05, 0.1) is 0 Å². The summed E-state index contributed by atoms with van der Waals surface area (Å²) >= 11 is 0. The standard InChI is InChI=1S/C20H23FN4O3/c21-15-6-4-5-14(11-15)12-17-22-18(28-23-17)13-24-9-10-25(20(27)19(24)26)16-7-2-1-3-8-16/h4-6,11,16H,1-3,7-10,12-13H2. The number of amides is 2. The molecule has 0 radical (unpaired) electrons. The molecule has 1 aromatic carbocycles. The van der Waals surface area contributed by atoms with Crippen molar-refractivity contribution in [2.75, 3.05) is 13.1 Å². The number of aromatic nitrogens is 2. The highest BCUT2D eigenvalue weighted by Crippen LogP contribution is 2.24. The van der Waals surface area contributed by atoms with Gasteiger partial charge in [-0.05, 0) is 30.5 Å². The summed E-state index contributed by atoms with van der Waals surface area (Å²) in [7, 11) is 0. The third-order valence-corrected chi connectivity index (χ3v) is 5.44. The lowest BCUT2D eigenvalue weighted by Crippen LogP contribution is -2.57. The van der Waals surface area contributed by atoms with E-state index in [4.69, 9.17) is 4.52 Å². The fraction of sp³-hybridized carbons (Fsp3) is 0.500. The summed E-state index contributed by atoms with van der Waals surface area (Å²) < 4.78 is 18.5. The van der Waals surface area contributed by atoms with E-state index in [1.807, 2.05) is 0 Å². The molecule has 2 heterocycles. The van der Waals surface area contributed by atoms with E-state index in [-0.39, 0.29) is 24.3 Å². The van der Waals surface area contributed by atoms with Crippen molar-refractivity contribution >= 4 is 11.8 Å². The highest BCUT2D eigenvalue weighted by Gasteiger charge is 2.37. The Morgan fingerprint density at radius 3 is 2.71 bits per heavy atom. The Bertz CT molecular complexity index is 863. The van der Waals surface area contributed by atoms with Gasteiger partial charge in [-0.15, -0.1) is 0 Å². The SMILES string of the molecule is O=C1C(=O)N(C2CCCCC2)CCN1Cc1nc(Cc2cccc(F)c2)no1. The molecule has 4 rings (SSSR count). The van der Waals surface area contributed by atoms with Gasteiger partial charge in [0, 0.05) is 25.6 Å². The number of halogens is 1. The molecule has 7 nitrogen and oxygen atoms in total. The molecule has 2 aromatic rings. The van der Waals surface area contributed by atoms with Crippen LogP contribution in [0.2, 0.25) is 0 Å². The Hall–Kier alpha value is -2.77. The van der Waals surface area contributed by atoms with E-state index in [2.05, 4.69) is 10.1 Å². The Morgan fingerprint density at radius 2 is 1.93 bits per heavy atom. The second kappa shape index (κ2) is 8.08. The molecule has 0 N–H and O–H groups in total. The van der Waals surface area contributed by atoms with Crippen molar-refractivity contribution < 1.29 is 18.5 Å². The summed E-state index contributed by atoms with van der Waals surface area (Å²) in [6.45, 7) is 1.11. The van der Waals surface area contributed by atoms with Crippen LogP contribution in [0.15, 0.2) is 28.8 Å². The molecule has 28 heavy (non-hydrogen) atoms. The lowest BCUT2D eigenvalue weighted by Gasteiger charge is -2.39. The van der Waals surface area contributed by atoms with Crippen molar-refractivity contribution in [2.24, 2.45) is 0 Å². The molecule has 0 spiro atoms. The number of benzene rings is 1. The van der Waals surface area contributed by atoms with Gasteiger partial charge >= 0.3 is 11.8 Å². The van der Waals surface area contributed by atoms with Crippen LogP contribution in [-0.4, -0.2) is 50.9 Å². The van der Waals surface area contributed by atoms with E-state index >= 15 is 0 Å². The van der Waals surface area contributed by atoms with Crippen LogP contribution in [-0.2, 0) is 22.6 Å². The largest absolute Gasteiger partial charge is 0.337 e. The minimum Gasteiger partial charge on any atom is -0.337 e. The summed E-state index contributed by atoms with van der Waals surface area (Å²) in [6, 6.07) is 6.39. The van der Waals surface area contributed by atoms with Crippen LogP contribution in [0.3, 0.4) is 0 Å². The highest BCUT2D eigenvalue weighted by atomic mass is 19.1. The molecule has 1 aliphatic heterocycles. The van der Waals surface area contributed by atoms with E-state index < -0.39 is 11.8 Å². The molecule has 1 saturated heterocycles. The van der Waals surface area contributed by atoms with Gasteiger partial charge in [-0.25, -0.2) is 4.39 Å². The van der Waals surface area contributed by atoms with E-state index in [0.29, 0.717) is 25.3 Å². The van der Waals surface area contributed by atoms with Crippen LogP contribution in [0.1, 0.15) is 49.4 Å². The molecule has 2 aliphatic rings. The molecule has 2 amide bonds. The van der Waals surface area contributed by atoms with Gasteiger partial charge in [0.25, 0.3) is 0 Å². The average molecular weight is 386 g/mol. The van der Waals surface area contributed by atoms with Crippen molar-refractivity contribution in [3.8, 4) is 0 Å². The highest BCUT2D eigenvalue weighted by molar-refractivity contribution is 6.35. The predicted molar refractivity (Wildman–Crippen MR) is 97.5 cm³/mol. The lowest BCUT2D eigenvalue weighted by molar-refractivity contribution is -0.158. The summed E-state index contributed by atoms with van der Waals surface area (Å²) in [4.78, 5) is 32.5. The average Bonchev–Trinajstić information content (AvgIpc) is 3.13. The third kappa shape index (κ3) is 4.05. The van der Waals surface area contributed by atoms with Crippen LogP contribution in [0.25, 0.3) is 0 Å². The molecular weight excluding hydrogens is 363 g/mol. The smallest absolute Gasteiger partial charge is 0.312 e. The monoisotopic (exact) mass is 386 g/mol. The van der Waals surface area contributed by atoms with Crippen molar-refractivity contribution in [3.63, 3.8) is 0 Å².